The van der Waals surface area contributed by atoms with Gasteiger partial charge in [0.15, 0.2) is 163 Å². The predicted octanol–water partition coefficient (Wildman–Crippen LogP) is 22.8. The van der Waals surface area contributed by atoms with Crippen molar-refractivity contribution in [3.05, 3.63) is 249 Å². The van der Waals surface area contributed by atoms with Gasteiger partial charge >= 0.3 is 0 Å². The number of allylic oxidation sites excluding steroid dienone is 4. The lowest BCUT2D eigenvalue weighted by molar-refractivity contribution is 0.253. The van der Waals surface area contributed by atoms with E-state index in [0.29, 0.717) is 0 Å². The van der Waals surface area contributed by atoms with Crippen LogP contribution in [0.3, 0.4) is 0 Å². The monoisotopic (exact) mass is 1520 g/mol. The third-order valence-electron chi connectivity index (χ3n) is 15.4. The quantitative estimate of drug-likeness (QED) is 0.0768. The summed E-state index contributed by atoms with van der Waals surface area (Å²) in [6.07, 6.45) is -4.97. The Morgan fingerprint density at radius 2 is 0.314 bits per heavy atom. The highest BCUT2D eigenvalue weighted by atomic mass is 19.2. The van der Waals surface area contributed by atoms with E-state index >= 15 is 127 Å². The molecular formula is C61H5F41. The Balaban J connectivity index is 1.45. The van der Waals surface area contributed by atoms with Crippen LogP contribution in [-0.4, -0.2) is 6.17 Å². The molecule has 102 heavy (non-hydrogen) atoms. The molecule has 0 fully saturated rings. The smallest absolute Gasteiger partial charge is 0.200 e. The third-order valence-corrected chi connectivity index (χ3v) is 15.4. The zero-order valence-corrected chi connectivity index (χ0v) is 46.7. The fourth-order valence-electron chi connectivity index (χ4n) is 10.7. The summed E-state index contributed by atoms with van der Waals surface area (Å²) in [6, 6.07) is 0. The first kappa shape index (κ1) is 74.3. The van der Waals surface area contributed by atoms with Crippen LogP contribution in [0, 0.1) is 222 Å². The summed E-state index contributed by atoms with van der Waals surface area (Å²) in [4.78, 5) is 0. The van der Waals surface area contributed by atoms with Crippen molar-refractivity contribution in [3.8, 4) is 77.9 Å². The molecule has 1 aliphatic rings. The van der Waals surface area contributed by atoms with Crippen molar-refractivity contribution >= 4 is 5.57 Å². The maximum atomic E-state index is 18.0. The van der Waals surface area contributed by atoms with Gasteiger partial charge in [0.25, 0.3) is 0 Å². The lowest BCUT2D eigenvalue weighted by Crippen LogP contribution is -2.26. The van der Waals surface area contributed by atoms with Gasteiger partial charge < -0.3 is 0 Å². The summed E-state index contributed by atoms with van der Waals surface area (Å²) in [7, 11) is 0. The largest absolute Gasteiger partial charge is 0.239 e. The zero-order valence-electron chi connectivity index (χ0n) is 46.7. The molecule has 0 radical (unpaired) electrons. The summed E-state index contributed by atoms with van der Waals surface area (Å²) >= 11 is 0. The molecule has 0 aliphatic heterocycles. The molecule has 2 atom stereocenters. The van der Waals surface area contributed by atoms with Gasteiger partial charge in [0.1, 0.15) is 52.4 Å². The summed E-state index contributed by atoms with van der Waals surface area (Å²) in [5, 5.41) is 0. The zero-order chi connectivity index (χ0) is 76.6. The molecule has 0 saturated carbocycles. The van der Waals surface area contributed by atoms with Crippen molar-refractivity contribution in [3.63, 3.8) is 0 Å². The van der Waals surface area contributed by atoms with Crippen molar-refractivity contribution in [2.24, 2.45) is 0 Å². The Morgan fingerprint density at radius 1 is 0.157 bits per heavy atom. The van der Waals surface area contributed by atoms with Crippen LogP contribution in [0.5, 0.6) is 0 Å². The number of halogens is 41. The van der Waals surface area contributed by atoms with Gasteiger partial charge in [-0.15, -0.1) is 0 Å². The van der Waals surface area contributed by atoms with E-state index in [1.807, 2.05) is 0 Å². The SMILES string of the molecule is Cc1c(F)c(-c2c(F)c(C3=C(F)C(F)C(c4c(F)c(F)c(F)c(F)c4F)C(F)=C3F)c(F)c(-c3c(F)c(-c4c(F)c(F)c(-c5c(F)c(F)c(F)c(F)c5F)c(F)c4F)c(F)c(-c4c(F)c(F)c(-c5c(F)c(F)c(F)c(F)c5F)c(F)c4F)c3F)c2F)c(F)c(F)c1-c1c(F)c(F)c(F)c(F)c1F. The summed E-state index contributed by atoms with van der Waals surface area (Å²) < 4.78 is 647. The topological polar surface area (TPSA) is 0 Å². The van der Waals surface area contributed by atoms with Crippen LogP contribution in [0.2, 0.25) is 0 Å². The van der Waals surface area contributed by atoms with Crippen molar-refractivity contribution in [1.29, 1.82) is 0 Å². The maximum absolute atomic E-state index is 18.0. The molecule has 0 N–H and O–H groups in total. The molecule has 0 aromatic heterocycles. The highest BCUT2D eigenvalue weighted by Gasteiger charge is 2.50. The average molecular weight is 1520 g/mol. The second-order valence-corrected chi connectivity index (χ2v) is 20.5. The molecule has 1 aliphatic carbocycles. The van der Waals surface area contributed by atoms with Crippen molar-refractivity contribution < 1.29 is 180 Å². The summed E-state index contributed by atoms with van der Waals surface area (Å²) in [5.41, 5.74) is -61.9. The van der Waals surface area contributed by atoms with Crippen LogP contribution in [-0.2, 0) is 0 Å². The van der Waals surface area contributed by atoms with Gasteiger partial charge in [0.2, 0.25) is 23.3 Å². The molecule has 0 saturated heterocycles. The minimum atomic E-state index is -4.97. The number of hydrogen-bond acceptors (Lipinski definition) is 0. The van der Waals surface area contributed by atoms with Gasteiger partial charge in [-0.1, -0.05) is 0 Å². The third kappa shape index (κ3) is 9.97. The molecule has 536 valence electrons. The Morgan fingerprint density at radius 3 is 0.549 bits per heavy atom. The maximum Gasteiger partial charge on any atom is 0.200 e. The first-order valence-corrected chi connectivity index (χ1v) is 25.7. The number of hydrogen-bond donors (Lipinski definition) is 0. The second-order valence-electron chi connectivity index (χ2n) is 20.5. The van der Waals surface area contributed by atoms with Crippen LogP contribution in [0.25, 0.3) is 83.5 Å². The van der Waals surface area contributed by atoms with Crippen molar-refractivity contribution in [1.82, 2.24) is 0 Å². The van der Waals surface area contributed by atoms with Crippen molar-refractivity contribution in [2.75, 3.05) is 0 Å². The Bertz CT molecular complexity index is 5060. The molecule has 2 unspecified atom stereocenters. The van der Waals surface area contributed by atoms with Gasteiger partial charge in [-0.3, -0.25) is 0 Å². The molecule has 10 rings (SSSR count). The normalized spacial score (nSPS) is 14.3. The molecule has 9 aromatic rings. The average Bonchev–Trinajstić information content (AvgIpc) is 0.705. The van der Waals surface area contributed by atoms with E-state index in [-0.39, 0.29) is 6.92 Å². The Labute approximate surface area is 531 Å². The first-order chi connectivity index (χ1) is 47.2. The lowest BCUT2D eigenvalue weighted by Gasteiger charge is -2.28. The van der Waals surface area contributed by atoms with E-state index in [0.717, 1.165) is 0 Å². The van der Waals surface area contributed by atoms with Crippen LogP contribution in [0.15, 0.2) is 17.5 Å². The van der Waals surface area contributed by atoms with Gasteiger partial charge in [0.05, 0.1) is 89.4 Å². The number of alkyl halides is 1. The Kier molecular flexibility index (Phi) is 18.4. The van der Waals surface area contributed by atoms with Gasteiger partial charge in [-0.25, -0.2) is 180 Å². The standard InChI is InChI=1S/C61H5F41/c1-2-3(4-42(83)50(91)58(99)51(92)43(4)84)28(69)29(70)5(21(2)62)6-22(63)7(24(65)9(23(6)64)12-30(71)36(77)15(37(78)31(12)72)18-44(85)52(93)59(100)53(94)45(18)86)8-25(66)10(13-32(73)38(79)16(39(80)33(13)74)19-46(87)54(95)60(101)55(96)47(19)88)27(68)11(26(8)67)14-34(75)40(81)17(41(82)35(14)76)20-48(89)56(97)61(102)57(98)49(20)90/h15,36H,1H3. The van der Waals surface area contributed by atoms with E-state index < -0.39 is 345 Å². The minimum Gasteiger partial charge on any atom is -0.239 e. The second kappa shape index (κ2) is 25.3. The fraction of sp³-hybridized carbons (Fsp3) is 0.0492. The van der Waals surface area contributed by atoms with Gasteiger partial charge in [-0.05, 0) is 12.5 Å². The number of benzene rings is 9. The van der Waals surface area contributed by atoms with Crippen LogP contribution in [0.1, 0.15) is 22.6 Å². The van der Waals surface area contributed by atoms with E-state index in [9.17, 15) is 52.7 Å². The van der Waals surface area contributed by atoms with Crippen LogP contribution < -0.4 is 0 Å². The Hall–Kier alpha value is -10.4. The molecule has 0 amide bonds. The van der Waals surface area contributed by atoms with Crippen molar-refractivity contribution in [2.45, 2.75) is 19.0 Å². The van der Waals surface area contributed by atoms with E-state index in [2.05, 4.69) is 0 Å². The van der Waals surface area contributed by atoms with Crippen LogP contribution >= 0.6 is 0 Å². The van der Waals surface area contributed by atoms with Gasteiger partial charge in [-0.2, -0.15) is 0 Å². The molecule has 41 heteroatoms. The molecule has 0 heterocycles. The highest BCUT2D eigenvalue weighted by Crippen LogP contribution is 2.56. The minimum absolute atomic E-state index is 0.307. The fourth-order valence-corrected chi connectivity index (χ4v) is 10.7. The number of rotatable bonds is 9. The molecular weight excluding hydrogens is 1510 g/mol. The highest BCUT2D eigenvalue weighted by molar-refractivity contribution is 5.93. The van der Waals surface area contributed by atoms with E-state index in [4.69, 9.17) is 0 Å². The van der Waals surface area contributed by atoms with Crippen LogP contribution in [0.4, 0.5) is 180 Å². The summed E-state index contributed by atoms with van der Waals surface area (Å²) in [5.74, 6) is -150. The van der Waals surface area contributed by atoms with Gasteiger partial charge in [0, 0.05) is 11.1 Å². The molecule has 0 nitrogen and oxygen atoms in total. The molecule has 9 aromatic carbocycles. The van der Waals surface area contributed by atoms with E-state index in [1.54, 1.807) is 0 Å². The lowest BCUT2D eigenvalue weighted by atomic mass is 9.81. The predicted molar refractivity (Wildman–Crippen MR) is 259 cm³/mol. The molecule has 0 spiro atoms. The molecule has 0 bridgehead atoms. The summed E-state index contributed by atoms with van der Waals surface area (Å²) in [6.45, 7) is -0.307. The van der Waals surface area contributed by atoms with E-state index in [1.165, 1.54) is 0 Å². The first-order valence-electron chi connectivity index (χ1n) is 25.7.